The first-order valence-electron chi connectivity index (χ1n) is 4.50. The van der Waals surface area contributed by atoms with E-state index in [1.54, 1.807) is 13.8 Å². The molecule has 0 saturated carbocycles. The van der Waals surface area contributed by atoms with Gasteiger partial charge >= 0.3 is 0 Å². The first-order chi connectivity index (χ1) is 6.04. The van der Waals surface area contributed by atoms with Crippen molar-refractivity contribution < 1.29 is 5.11 Å². The van der Waals surface area contributed by atoms with Crippen molar-refractivity contribution >= 4 is 0 Å². The third kappa shape index (κ3) is 2.83. The van der Waals surface area contributed by atoms with Gasteiger partial charge in [-0.15, -0.1) is 0 Å². The lowest BCUT2D eigenvalue weighted by atomic mass is 9.97. The zero-order chi connectivity index (χ0) is 9.90. The molecule has 1 aromatic carbocycles. The van der Waals surface area contributed by atoms with Gasteiger partial charge in [0.2, 0.25) is 0 Å². The summed E-state index contributed by atoms with van der Waals surface area (Å²) in [6.07, 6.45) is 0. The molecule has 0 aliphatic rings. The predicted octanol–water partition coefficient (Wildman–Crippen LogP) is 1.63. The van der Waals surface area contributed by atoms with E-state index in [-0.39, 0.29) is 0 Å². The molecule has 13 heavy (non-hydrogen) atoms. The van der Waals surface area contributed by atoms with Gasteiger partial charge in [-0.3, -0.25) is 0 Å². The maximum atomic E-state index is 9.69. The van der Waals surface area contributed by atoms with Crippen LogP contribution in [-0.4, -0.2) is 12.2 Å². The summed E-state index contributed by atoms with van der Waals surface area (Å²) >= 11 is 0. The summed E-state index contributed by atoms with van der Waals surface area (Å²) in [5.74, 6) is 0. The van der Waals surface area contributed by atoms with E-state index in [4.69, 9.17) is 0 Å². The van der Waals surface area contributed by atoms with Crippen molar-refractivity contribution in [3.63, 3.8) is 0 Å². The van der Waals surface area contributed by atoms with Gasteiger partial charge in [0.25, 0.3) is 0 Å². The third-order valence-electron chi connectivity index (χ3n) is 2.04. The smallest absolute Gasteiger partial charge is 0.0840 e. The second kappa shape index (κ2) is 3.90. The summed E-state index contributed by atoms with van der Waals surface area (Å²) in [4.78, 5) is 0. The van der Waals surface area contributed by atoms with E-state index in [0.717, 1.165) is 12.1 Å². The van der Waals surface area contributed by atoms with Crippen LogP contribution in [0.5, 0.6) is 0 Å². The minimum Gasteiger partial charge on any atom is -0.386 e. The maximum Gasteiger partial charge on any atom is 0.0840 e. The SMILES string of the molecule is CNCc1ccc(C(C)(C)O)cc1. The molecule has 0 bridgehead atoms. The summed E-state index contributed by atoms with van der Waals surface area (Å²) < 4.78 is 0. The third-order valence-corrected chi connectivity index (χ3v) is 2.04. The lowest BCUT2D eigenvalue weighted by Crippen LogP contribution is -2.15. The zero-order valence-electron chi connectivity index (χ0n) is 8.46. The van der Waals surface area contributed by atoms with E-state index in [2.05, 4.69) is 5.32 Å². The van der Waals surface area contributed by atoms with Crippen molar-refractivity contribution in [1.82, 2.24) is 5.32 Å². The molecule has 2 nitrogen and oxygen atoms in total. The Morgan fingerprint density at radius 2 is 1.77 bits per heavy atom. The summed E-state index contributed by atoms with van der Waals surface area (Å²) in [6, 6.07) is 7.99. The number of nitrogens with one attached hydrogen (secondary N) is 1. The molecular weight excluding hydrogens is 162 g/mol. The zero-order valence-corrected chi connectivity index (χ0v) is 8.46. The molecule has 2 N–H and O–H groups in total. The topological polar surface area (TPSA) is 32.3 Å². The summed E-state index contributed by atoms with van der Waals surface area (Å²) in [5, 5.41) is 12.8. The van der Waals surface area contributed by atoms with Gasteiger partial charge in [0.15, 0.2) is 0 Å². The maximum absolute atomic E-state index is 9.69. The van der Waals surface area contributed by atoms with Crippen molar-refractivity contribution in [2.75, 3.05) is 7.05 Å². The van der Waals surface area contributed by atoms with Crippen molar-refractivity contribution in [2.24, 2.45) is 0 Å². The van der Waals surface area contributed by atoms with Crippen molar-refractivity contribution in [2.45, 2.75) is 26.0 Å². The second-order valence-electron chi connectivity index (χ2n) is 3.79. The number of aliphatic hydroxyl groups is 1. The predicted molar refractivity (Wildman–Crippen MR) is 54.5 cm³/mol. The average Bonchev–Trinajstić information content (AvgIpc) is 2.04. The number of benzene rings is 1. The van der Waals surface area contributed by atoms with Crippen LogP contribution >= 0.6 is 0 Å². The number of rotatable bonds is 3. The fourth-order valence-electron chi connectivity index (χ4n) is 1.23. The van der Waals surface area contributed by atoms with E-state index >= 15 is 0 Å². The van der Waals surface area contributed by atoms with Crippen molar-refractivity contribution in [3.05, 3.63) is 35.4 Å². The molecular formula is C11H17NO. The minimum atomic E-state index is -0.738. The highest BCUT2D eigenvalue weighted by Gasteiger charge is 2.14. The van der Waals surface area contributed by atoms with Gasteiger partial charge in [-0.2, -0.15) is 0 Å². The van der Waals surface area contributed by atoms with Crippen LogP contribution in [0.3, 0.4) is 0 Å². The fraction of sp³-hybridized carbons (Fsp3) is 0.455. The van der Waals surface area contributed by atoms with E-state index in [1.165, 1.54) is 5.56 Å². The van der Waals surface area contributed by atoms with Gasteiger partial charge < -0.3 is 10.4 Å². The summed E-state index contributed by atoms with van der Waals surface area (Å²) in [6.45, 7) is 4.45. The van der Waals surface area contributed by atoms with Gasteiger partial charge in [-0.05, 0) is 32.0 Å². The Morgan fingerprint density at radius 1 is 1.23 bits per heavy atom. The molecule has 0 fully saturated rings. The van der Waals surface area contributed by atoms with Crippen molar-refractivity contribution in [3.8, 4) is 0 Å². The molecule has 0 aliphatic carbocycles. The van der Waals surface area contributed by atoms with E-state index in [9.17, 15) is 5.11 Å². The van der Waals surface area contributed by atoms with E-state index in [1.807, 2.05) is 31.3 Å². The molecule has 0 saturated heterocycles. The Morgan fingerprint density at radius 3 is 2.15 bits per heavy atom. The Hall–Kier alpha value is -0.860. The van der Waals surface area contributed by atoms with Gasteiger partial charge in [0, 0.05) is 6.54 Å². The molecule has 0 aliphatic heterocycles. The molecule has 2 heteroatoms. The Labute approximate surface area is 79.6 Å². The van der Waals surface area contributed by atoms with Crippen LogP contribution in [0, 0.1) is 0 Å². The molecule has 0 aromatic heterocycles. The lowest BCUT2D eigenvalue weighted by molar-refractivity contribution is 0.0786. The van der Waals surface area contributed by atoms with Crippen LogP contribution in [0.15, 0.2) is 24.3 Å². The van der Waals surface area contributed by atoms with Crippen LogP contribution in [0.25, 0.3) is 0 Å². The molecule has 0 spiro atoms. The molecule has 0 heterocycles. The van der Waals surface area contributed by atoms with Crippen LogP contribution in [0.2, 0.25) is 0 Å². The molecule has 0 radical (unpaired) electrons. The van der Waals surface area contributed by atoms with Crippen molar-refractivity contribution in [1.29, 1.82) is 0 Å². The number of hydrogen-bond donors (Lipinski definition) is 2. The largest absolute Gasteiger partial charge is 0.386 e. The van der Waals surface area contributed by atoms with Gasteiger partial charge in [0.1, 0.15) is 0 Å². The van der Waals surface area contributed by atoms with Gasteiger partial charge in [-0.1, -0.05) is 24.3 Å². The lowest BCUT2D eigenvalue weighted by Gasteiger charge is -2.17. The minimum absolute atomic E-state index is 0.738. The fourth-order valence-corrected chi connectivity index (χ4v) is 1.23. The highest BCUT2D eigenvalue weighted by Crippen LogP contribution is 2.19. The highest BCUT2D eigenvalue weighted by molar-refractivity contribution is 5.26. The monoisotopic (exact) mass is 179 g/mol. The summed E-state index contributed by atoms with van der Waals surface area (Å²) in [5.41, 5.74) is 1.45. The first kappa shape index (κ1) is 10.2. The molecule has 1 aromatic rings. The van der Waals surface area contributed by atoms with Crippen LogP contribution < -0.4 is 5.32 Å². The van der Waals surface area contributed by atoms with Crippen LogP contribution in [0.4, 0.5) is 0 Å². The molecule has 0 amide bonds. The molecule has 0 unspecified atom stereocenters. The normalized spacial score (nSPS) is 11.7. The summed E-state index contributed by atoms with van der Waals surface area (Å²) in [7, 11) is 1.92. The molecule has 72 valence electrons. The van der Waals surface area contributed by atoms with Crippen LogP contribution in [-0.2, 0) is 12.1 Å². The average molecular weight is 179 g/mol. The second-order valence-corrected chi connectivity index (χ2v) is 3.79. The first-order valence-corrected chi connectivity index (χ1v) is 4.50. The Kier molecular flexibility index (Phi) is 3.07. The molecule has 1 rings (SSSR count). The van der Waals surface area contributed by atoms with Crippen LogP contribution in [0.1, 0.15) is 25.0 Å². The Balaban J connectivity index is 2.81. The molecule has 0 atom stereocenters. The van der Waals surface area contributed by atoms with Gasteiger partial charge in [0.05, 0.1) is 5.60 Å². The Bertz CT molecular complexity index is 258. The highest BCUT2D eigenvalue weighted by atomic mass is 16.3. The standard InChI is InChI=1S/C11H17NO/c1-11(2,13)10-6-4-9(5-7-10)8-12-3/h4-7,12-13H,8H2,1-3H3. The van der Waals surface area contributed by atoms with E-state index in [0.29, 0.717) is 0 Å². The van der Waals surface area contributed by atoms with E-state index < -0.39 is 5.60 Å². The van der Waals surface area contributed by atoms with Gasteiger partial charge in [-0.25, -0.2) is 0 Å². The quantitative estimate of drug-likeness (QED) is 0.739. The number of hydrogen-bond acceptors (Lipinski definition) is 2.